The number of hydrogen-bond donors (Lipinski definition) is 2. The first kappa shape index (κ1) is 42.7. The van der Waals surface area contributed by atoms with Crippen molar-refractivity contribution in [3.63, 3.8) is 0 Å². The van der Waals surface area contributed by atoms with Crippen LogP contribution in [0.15, 0.2) is 84.9 Å². The molecule has 1 atom stereocenters. The SMILES string of the molecule is N#Cc1cc(C#N)cc(COc2nc(OCc3cccc(-c4cccc(-c5ccc(CN6CC7(CCC(=O)C7)C6)cc5)c4Cl)c3Cl)c(Cl)cc2CCC[C@@H](O)CC(=O)O)c1. The molecule has 306 valence electrons. The number of aromatic nitrogens is 1. The number of carbonyl (C=O) groups excluding carboxylic acids is 1. The number of halogens is 3. The van der Waals surface area contributed by atoms with Crippen LogP contribution in [0.5, 0.6) is 11.8 Å². The third-order valence-electron chi connectivity index (χ3n) is 11.0. The Balaban J connectivity index is 1.06. The van der Waals surface area contributed by atoms with Crippen LogP contribution < -0.4 is 9.47 Å². The summed E-state index contributed by atoms with van der Waals surface area (Å²) in [5.74, 6) is -0.426. The molecular weight excluding hydrogens is 823 g/mol. The molecule has 1 spiro atoms. The highest BCUT2D eigenvalue weighted by atomic mass is 35.5. The number of Topliss-reactive ketones (excluding diaryl/α,β-unsaturated/α-hetero) is 1. The largest absolute Gasteiger partial charge is 0.481 e. The van der Waals surface area contributed by atoms with E-state index in [0.29, 0.717) is 56.5 Å². The summed E-state index contributed by atoms with van der Waals surface area (Å²) in [6, 6.07) is 30.4. The summed E-state index contributed by atoms with van der Waals surface area (Å²) in [6.45, 7) is 2.77. The highest BCUT2D eigenvalue weighted by molar-refractivity contribution is 6.38. The van der Waals surface area contributed by atoms with Gasteiger partial charge in [0.1, 0.15) is 24.0 Å². The minimum atomic E-state index is -1.09. The van der Waals surface area contributed by atoms with Gasteiger partial charge in [0.2, 0.25) is 11.8 Å². The molecule has 1 aromatic heterocycles. The summed E-state index contributed by atoms with van der Waals surface area (Å²) < 4.78 is 12.3. The van der Waals surface area contributed by atoms with Gasteiger partial charge in [-0.3, -0.25) is 14.5 Å². The summed E-state index contributed by atoms with van der Waals surface area (Å²) in [4.78, 5) is 29.9. The van der Waals surface area contributed by atoms with E-state index in [9.17, 15) is 25.2 Å². The number of aryl methyl sites for hydroxylation is 1. The number of ketones is 1. The fourth-order valence-corrected chi connectivity index (χ4v) is 8.97. The van der Waals surface area contributed by atoms with Gasteiger partial charge in [0.05, 0.1) is 45.8 Å². The van der Waals surface area contributed by atoms with Gasteiger partial charge in [-0.05, 0) is 66.6 Å². The quantitative estimate of drug-likeness (QED) is 0.0979. The van der Waals surface area contributed by atoms with Crippen molar-refractivity contribution in [1.82, 2.24) is 9.88 Å². The van der Waals surface area contributed by atoms with E-state index in [1.807, 2.05) is 36.4 Å². The maximum atomic E-state index is 11.8. The molecule has 7 rings (SSSR count). The fraction of sp³-hybridized carbons (Fsp3) is 0.298. The molecule has 1 saturated carbocycles. The summed E-state index contributed by atoms with van der Waals surface area (Å²) >= 11 is 20.9. The molecule has 10 nitrogen and oxygen atoms in total. The van der Waals surface area contributed by atoms with Gasteiger partial charge in [0.25, 0.3) is 0 Å². The Labute approximate surface area is 363 Å². The molecule has 13 heteroatoms. The van der Waals surface area contributed by atoms with E-state index in [-0.39, 0.29) is 48.3 Å². The summed E-state index contributed by atoms with van der Waals surface area (Å²) in [6.07, 6.45) is 2.08. The monoisotopic (exact) mass is 862 g/mol. The summed E-state index contributed by atoms with van der Waals surface area (Å²) in [5, 5.41) is 39.2. The number of carboxylic acid groups (broad SMARTS) is 1. The van der Waals surface area contributed by atoms with Gasteiger partial charge in [-0.2, -0.15) is 15.5 Å². The normalized spacial score (nSPS) is 14.9. The van der Waals surface area contributed by atoms with E-state index >= 15 is 0 Å². The average molecular weight is 864 g/mol. The molecule has 4 aromatic carbocycles. The third-order valence-corrected chi connectivity index (χ3v) is 12.2. The Morgan fingerprint density at radius 1 is 0.833 bits per heavy atom. The molecule has 1 aliphatic heterocycles. The number of aliphatic hydroxyl groups is 1. The Morgan fingerprint density at radius 3 is 2.17 bits per heavy atom. The molecule has 2 heterocycles. The van der Waals surface area contributed by atoms with Gasteiger partial charge in [-0.15, -0.1) is 0 Å². The average Bonchev–Trinajstić information content (AvgIpc) is 3.62. The second-order valence-corrected chi connectivity index (χ2v) is 16.8. The lowest BCUT2D eigenvalue weighted by molar-refractivity contribution is -0.139. The van der Waals surface area contributed by atoms with Crippen LogP contribution >= 0.6 is 34.8 Å². The number of carboxylic acids is 1. The first-order chi connectivity index (χ1) is 28.9. The number of rotatable bonds is 16. The first-order valence-electron chi connectivity index (χ1n) is 19.6. The third kappa shape index (κ3) is 10.1. The predicted molar refractivity (Wildman–Crippen MR) is 229 cm³/mol. The van der Waals surface area contributed by atoms with Crippen LogP contribution in [0.3, 0.4) is 0 Å². The molecule has 0 radical (unpaired) electrons. The van der Waals surface area contributed by atoms with Crippen molar-refractivity contribution < 1.29 is 29.3 Å². The Hall–Kier alpha value is -5.46. The Kier molecular flexibility index (Phi) is 13.4. The molecule has 2 aliphatic rings. The molecule has 0 bridgehead atoms. The number of likely N-dealkylation sites (tertiary alicyclic amines) is 1. The number of aliphatic carboxylic acids is 1. The topological polar surface area (TPSA) is 157 Å². The van der Waals surface area contributed by atoms with Crippen LogP contribution in [0.2, 0.25) is 15.1 Å². The lowest BCUT2D eigenvalue weighted by Gasteiger charge is -2.48. The lowest BCUT2D eigenvalue weighted by Crippen LogP contribution is -2.54. The van der Waals surface area contributed by atoms with Gasteiger partial charge in [-0.1, -0.05) is 95.5 Å². The van der Waals surface area contributed by atoms with E-state index in [4.69, 9.17) is 49.4 Å². The number of benzene rings is 4. The second kappa shape index (κ2) is 18.9. The maximum Gasteiger partial charge on any atom is 0.305 e. The second-order valence-electron chi connectivity index (χ2n) is 15.6. The van der Waals surface area contributed by atoms with E-state index in [1.54, 1.807) is 18.2 Å². The number of carbonyl (C=O) groups is 2. The molecule has 0 unspecified atom stereocenters. The van der Waals surface area contributed by atoms with Crippen molar-refractivity contribution in [2.45, 2.75) is 70.8 Å². The molecule has 60 heavy (non-hydrogen) atoms. The highest BCUT2D eigenvalue weighted by Crippen LogP contribution is 2.45. The zero-order valence-corrected chi connectivity index (χ0v) is 34.9. The molecule has 1 saturated heterocycles. The van der Waals surface area contributed by atoms with Crippen molar-refractivity contribution in [1.29, 1.82) is 10.5 Å². The number of hydrogen-bond acceptors (Lipinski definition) is 9. The van der Waals surface area contributed by atoms with E-state index in [1.165, 1.54) is 11.6 Å². The Bertz CT molecular complexity index is 2480. The van der Waals surface area contributed by atoms with Crippen molar-refractivity contribution in [2.75, 3.05) is 13.1 Å². The van der Waals surface area contributed by atoms with Gasteiger partial charge in [0, 0.05) is 65.7 Å². The smallest absolute Gasteiger partial charge is 0.305 e. The van der Waals surface area contributed by atoms with Crippen LogP contribution in [-0.4, -0.2) is 51.0 Å². The number of nitrogens with zero attached hydrogens (tertiary/aromatic N) is 4. The minimum Gasteiger partial charge on any atom is -0.481 e. The molecule has 2 N–H and O–H groups in total. The fourth-order valence-electron chi connectivity index (χ4n) is 8.13. The van der Waals surface area contributed by atoms with Crippen LogP contribution in [-0.2, 0) is 35.8 Å². The molecule has 0 amide bonds. The number of nitriles is 2. The zero-order chi connectivity index (χ0) is 42.4. The van der Waals surface area contributed by atoms with Crippen LogP contribution in [0.4, 0.5) is 0 Å². The zero-order valence-electron chi connectivity index (χ0n) is 32.6. The summed E-state index contributed by atoms with van der Waals surface area (Å²) in [5.41, 5.74) is 7.18. The van der Waals surface area contributed by atoms with E-state index in [2.05, 4.69) is 46.3 Å². The van der Waals surface area contributed by atoms with Gasteiger partial charge in [-0.25, -0.2) is 0 Å². The minimum absolute atomic E-state index is 0.00250. The predicted octanol–water partition coefficient (Wildman–Crippen LogP) is 9.99. The van der Waals surface area contributed by atoms with Crippen LogP contribution in [0.25, 0.3) is 22.3 Å². The van der Waals surface area contributed by atoms with Crippen molar-refractivity contribution in [3.8, 4) is 46.2 Å². The Morgan fingerprint density at radius 2 is 1.50 bits per heavy atom. The number of pyridine rings is 1. The molecule has 2 fully saturated rings. The number of ether oxygens (including phenoxy) is 2. The first-order valence-corrected chi connectivity index (χ1v) is 20.7. The van der Waals surface area contributed by atoms with Gasteiger partial charge >= 0.3 is 5.97 Å². The molecule has 5 aromatic rings. The lowest BCUT2D eigenvalue weighted by atomic mass is 9.78. The van der Waals surface area contributed by atoms with Crippen LogP contribution in [0, 0.1) is 28.1 Å². The molecule has 1 aliphatic carbocycles. The number of aliphatic hydroxyl groups excluding tert-OH is 1. The van der Waals surface area contributed by atoms with Gasteiger partial charge in [0.15, 0.2) is 0 Å². The van der Waals surface area contributed by atoms with Crippen molar-refractivity contribution in [2.24, 2.45) is 5.41 Å². The summed E-state index contributed by atoms with van der Waals surface area (Å²) in [7, 11) is 0. The molecular formula is C47H41Cl3N4O6. The van der Waals surface area contributed by atoms with Crippen LogP contribution in [0.1, 0.15) is 71.9 Å². The highest BCUT2D eigenvalue weighted by Gasteiger charge is 2.47. The van der Waals surface area contributed by atoms with Gasteiger partial charge < -0.3 is 19.7 Å². The van der Waals surface area contributed by atoms with E-state index in [0.717, 1.165) is 61.2 Å². The maximum absolute atomic E-state index is 11.8. The standard InChI is InChI=1S/C47H41Cl3N4O6/c48-41-19-34(4-1-6-36(55)20-42(57)58)45(59-25-32-17-30(22-51)16-31(18-32)23-52)53-46(41)60-26-35-5-2-8-39(43(35)49)40-9-3-7-38(44(40)50)33-12-10-29(11-13-33)24-54-27-47(28-54)15-14-37(56)21-47/h2-3,5,7-13,16-19,36,55H,1,4,6,14-15,20-21,24-28H2,(H,57,58)/t36-/m1/s1. The van der Waals surface area contributed by atoms with E-state index < -0.39 is 12.1 Å². The van der Waals surface area contributed by atoms with Crippen molar-refractivity contribution in [3.05, 3.63) is 133 Å². The van der Waals surface area contributed by atoms with Crippen molar-refractivity contribution >= 4 is 46.6 Å².